The standard InChI is InChI=1S/C21H36FNO2/c1-2-3-4-5-6-7-8-9-10-11-12-13-14-15-16-18-17-23-20(19(18)22)21(24)25/h17,23H,2-16H2,1H3,(H,24,25). The third kappa shape index (κ3) is 9.66. The minimum atomic E-state index is -1.23. The molecule has 0 unspecified atom stereocenters. The number of hydrogen-bond acceptors (Lipinski definition) is 1. The highest BCUT2D eigenvalue weighted by molar-refractivity contribution is 5.86. The molecule has 1 aromatic rings. The van der Waals surface area contributed by atoms with Crippen molar-refractivity contribution < 1.29 is 14.3 Å². The van der Waals surface area contributed by atoms with Gasteiger partial charge in [0.15, 0.2) is 11.5 Å². The van der Waals surface area contributed by atoms with Gasteiger partial charge in [0.05, 0.1) is 0 Å². The predicted octanol–water partition coefficient (Wildman–Crippen LogP) is 6.88. The molecule has 0 bridgehead atoms. The van der Waals surface area contributed by atoms with Crippen molar-refractivity contribution in [2.24, 2.45) is 0 Å². The molecule has 1 aromatic heterocycles. The van der Waals surface area contributed by atoms with E-state index in [0.717, 1.165) is 12.8 Å². The van der Waals surface area contributed by atoms with Crippen molar-refractivity contribution in [1.82, 2.24) is 4.98 Å². The Balaban J connectivity index is 1.88. The van der Waals surface area contributed by atoms with Crippen molar-refractivity contribution >= 4 is 5.97 Å². The zero-order valence-electron chi connectivity index (χ0n) is 15.9. The van der Waals surface area contributed by atoms with E-state index in [1.165, 1.54) is 83.2 Å². The van der Waals surface area contributed by atoms with Crippen molar-refractivity contribution in [3.63, 3.8) is 0 Å². The third-order valence-corrected chi connectivity index (χ3v) is 4.91. The van der Waals surface area contributed by atoms with E-state index < -0.39 is 11.8 Å². The van der Waals surface area contributed by atoms with Crippen LogP contribution in [-0.2, 0) is 6.42 Å². The molecule has 0 fully saturated rings. The highest BCUT2D eigenvalue weighted by atomic mass is 19.1. The number of carboxylic acids is 1. The number of aryl methyl sites for hydroxylation is 1. The van der Waals surface area contributed by atoms with Crippen LogP contribution < -0.4 is 0 Å². The number of aromatic nitrogens is 1. The fraction of sp³-hybridized carbons (Fsp3) is 0.762. The van der Waals surface area contributed by atoms with Gasteiger partial charge >= 0.3 is 5.97 Å². The topological polar surface area (TPSA) is 53.1 Å². The molecular weight excluding hydrogens is 317 g/mol. The molecule has 0 atom stereocenters. The van der Waals surface area contributed by atoms with Crippen molar-refractivity contribution in [2.45, 2.75) is 103 Å². The van der Waals surface area contributed by atoms with Gasteiger partial charge in [0, 0.05) is 11.8 Å². The Labute approximate surface area is 152 Å². The Bertz CT molecular complexity index is 470. The number of aromatic amines is 1. The molecular formula is C21H36FNO2. The quantitative estimate of drug-likeness (QED) is 0.318. The van der Waals surface area contributed by atoms with Crippen LogP contribution in [-0.4, -0.2) is 16.1 Å². The molecule has 2 N–H and O–H groups in total. The van der Waals surface area contributed by atoms with Crippen LogP contribution in [0.1, 0.15) is 113 Å². The van der Waals surface area contributed by atoms with Crippen LogP contribution in [0.25, 0.3) is 0 Å². The van der Waals surface area contributed by atoms with Gasteiger partial charge in [-0.05, 0) is 12.8 Å². The summed E-state index contributed by atoms with van der Waals surface area (Å²) in [4.78, 5) is 13.3. The lowest BCUT2D eigenvalue weighted by Crippen LogP contribution is -2.00. The van der Waals surface area contributed by atoms with Crippen LogP contribution in [0.15, 0.2) is 6.20 Å². The molecule has 25 heavy (non-hydrogen) atoms. The third-order valence-electron chi connectivity index (χ3n) is 4.91. The van der Waals surface area contributed by atoms with Crippen LogP contribution in [0.2, 0.25) is 0 Å². The molecule has 0 radical (unpaired) electrons. The monoisotopic (exact) mass is 353 g/mol. The molecule has 144 valence electrons. The number of rotatable bonds is 16. The highest BCUT2D eigenvalue weighted by Gasteiger charge is 2.15. The molecule has 0 aliphatic rings. The molecule has 0 aliphatic heterocycles. The first-order valence-corrected chi connectivity index (χ1v) is 10.3. The van der Waals surface area contributed by atoms with Gasteiger partial charge < -0.3 is 10.1 Å². The molecule has 3 nitrogen and oxygen atoms in total. The lowest BCUT2D eigenvalue weighted by Gasteiger charge is -2.03. The first-order chi connectivity index (χ1) is 12.2. The van der Waals surface area contributed by atoms with Crippen molar-refractivity contribution in [3.8, 4) is 0 Å². The summed E-state index contributed by atoms with van der Waals surface area (Å²) in [5.41, 5.74) is 0.178. The smallest absolute Gasteiger partial charge is 0.355 e. The SMILES string of the molecule is CCCCCCCCCCCCCCCCc1c[nH]c(C(=O)O)c1F. The fourth-order valence-electron chi connectivity index (χ4n) is 3.29. The number of hydrogen-bond donors (Lipinski definition) is 2. The second-order valence-corrected chi connectivity index (χ2v) is 7.15. The number of unbranched alkanes of at least 4 members (excludes halogenated alkanes) is 13. The largest absolute Gasteiger partial charge is 0.476 e. The Hall–Kier alpha value is -1.32. The van der Waals surface area contributed by atoms with E-state index in [1.54, 1.807) is 0 Å². The Kier molecular flexibility index (Phi) is 12.1. The summed E-state index contributed by atoms with van der Waals surface area (Å²) in [7, 11) is 0. The van der Waals surface area contributed by atoms with Crippen LogP contribution in [0.3, 0.4) is 0 Å². The van der Waals surface area contributed by atoms with E-state index in [4.69, 9.17) is 5.11 Å². The molecule has 4 heteroatoms. The Morgan fingerprint density at radius 3 is 1.72 bits per heavy atom. The molecule has 0 saturated heterocycles. The van der Waals surface area contributed by atoms with Gasteiger partial charge in [-0.25, -0.2) is 9.18 Å². The number of nitrogens with one attached hydrogen (secondary N) is 1. The summed E-state index contributed by atoms with van der Waals surface area (Å²) < 4.78 is 13.7. The summed E-state index contributed by atoms with van der Waals surface area (Å²) in [6.07, 6.45) is 20.3. The van der Waals surface area contributed by atoms with E-state index in [1.807, 2.05) is 0 Å². The van der Waals surface area contributed by atoms with Crippen LogP contribution in [0.4, 0.5) is 4.39 Å². The maximum atomic E-state index is 13.7. The lowest BCUT2D eigenvalue weighted by molar-refractivity contribution is 0.0686. The molecule has 0 amide bonds. The van der Waals surface area contributed by atoms with E-state index >= 15 is 0 Å². The minimum absolute atomic E-state index is 0.319. The van der Waals surface area contributed by atoms with Crippen LogP contribution in [0.5, 0.6) is 0 Å². The zero-order chi connectivity index (χ0) is 18.3. The van der Waals surface area contributed by atoms with Crippen LogP contribution in [0, 0.1) is 5.82 Å². The lowest BCUT2D eigenvalue weighted by atomic mass is 10.0. The summed E-state index contributed by atoms with van der Waals surface area (Å²) in [5, 5.41) is 8.80. The maximum absolute atomic E-state index is 13.7. The van der Waals surface area contributed by atoms with Gasteiger partial charge in [-0.2, -0.15) is 0 Å². The molecule has 0 aromatic carbocycles. The summed E-state index contributed by atoms with van der Waals surface area (Å²) in [6.45, 7) is 2.26. The molecule has 1 heterocycles. The average Bonchev–Trinajstić information content (AvgIpc) is 2.96. The van der Waals surface area contributed by atoms with Gasteiger partial charge in [0.2, 0.25) is 0 Å². The second kappa shape index (κ2) is 13.9. The van der Waals surface area contributed by atoms with E-state index in [2.05, 4.69) is 11.9 Å². The Morgan fingerprint density at radius 2 is 1.32 bits per heavy atom. The van der Waals surface area contributed by atoms with E-state index in [9.17, 15) is 9.18 Å². The van der Waals surface area contributed by atoms with Crippen molar-refractivity contribution in [2.75, 3.05) is 0 Å². The van der Waals surface area contributed by atoms with Gasteiger partial charge in [0.1, 0.15) is 0 Å². The number of halogens is 1. The van der Waals surface area contributed by atoms with Crippen LogP contribution >= 0.6 is 0 Å². The first kappa shape index (κ1) is 21.7. The minimum Gasteiger partial charge on any atom is -0.476 e. The number of carboxylic acid groups (broad SMARTS) is 1. The fourth-order valence-corrected chi connectivity index (χ4v) is 3.29. The number of carbonyl (C=O) groups is 1. The first-order valence-electron chi connectivity index (χ1n) is 10.3. The van der Waals surface area contributed by atoms with E-state index in [-0.39, 0.29) is 5.69 Å². The zero-order valence-corrected chi connectivity index (χ0v) is 15.9. The van der Waals surface area contributed by atoms with Gasteiger partial charge in [-0.1, -0.05) is 90.4 Å². The average molecular weight is 354 g/mol. The summed E-state index contributed by atoms with van der Waals surface area (Å²) in [6, 6.07) is 0. The molecule has 1 rings (SSSR count). The number of aromatic carboxylic acids is 1. The van der Waals surface area contributed by atoms with Gasteiger partial charge in [-0.3, -0.25) is 0 Å². The normalized spacial score (nSPS) is 11.1. The second-order valence-electron chi connectivity index (χ2n) is 7.15. The van der Waals surface area contributed by atoms with E-state index in [0.29, 0.717) is 12.0 Å². The number of H-pyrrole nitrogens is 1. The highest BCUT2D eigenvalue weighted by Crippen LogP contribution is 2.17. The predicted molar refractivity (Wildman–Crippen MR) is 102 cm³/mol. The van der Waals surface area contributed by atoms with Gasteiger partial charge in [-0.15, -0.1) is 0 Å². The summed E-state index contributed by atoms with van der Waals surface area (Å²) >= 11 is 0. The Morgan fingerprint density at radius 1 is 0.880 bits per heavy atom. The van der Waals surface area contributed by atoms with Crippen molar-refractivity contribution in [3.05, 3.63) is 23.3 Å². The molecule has 0 spiro atoms. The molecule has 0 saturated carbocycles. The van der Waals surface area contributed by atoms with Gasteiger partial charge in [0.25, 0.3) is 0 Å². The van der Waals surface area contributed by atoms with Crippen molar-refractivity contribution in [1.29, 1.82) is 0 Å². The maximum Gasteiger partial charge on any atom is 0.355 e. The summed E-state index contributed by atoms with van der Waals surface area (Å²) in [5.74, 6) is -1.83. The molecule has 0 aliphatic carbocycles.